The molecule has 0 aromatic rings. The van der Waals surface area contributed by atoms with E-state index in [9.17, 15) is 0 Å². The summed E-state index contributed by atoms with van der Waals surface area (Å²) in [6, 6.07) is 0. The molecule has 0 aromatic heterocycles. The lowest BCUT2D eigenvalue weighted by Gasteiger charge is -2.12. The molecule has 0 nitrogen and oxygen atoms in total. The van der Waals surface area contributed by atoms with Gasteiger partial charge in [-0.3, -0.25) is 0 Å². The molecule has 0 amide bonds. The summed E-state index contributed by atoms with van der Waals surface area (Å²) in [4.78, 5) is 0. The summed E-state index contributed by atoms with van der Waals surface area (Å²) < 4.78 is 0. The molecule has 0 aliphatic heterocycles. The van der Waals surface area contributed by atoms with Gasteiger partial charge in [-0.15, -0.1) is 0 Å². The quantitative estimate of drug-likeness (QED) is 0.365. The topological polar surface area (TPSA) is 0 Å². The Balaban J connectivity index is 2.27. The summed E-state index contributed by atoms with van der Waals surface area (Å²) in [5.74, 6) is 0.921. The van der Waals surface area contributed by atoms with Crippen molar-refractivity contribution in [2.45, 2.75) is 75.3 Å². The van der Waals surface area contributed by atoms with Crippen LogP contribution in [0.25, 0.3) is 0 Å². The maximum Gasteiger partial charge on any atom is 0.105 e. The van der Waals surface area contributed by atoms with Crippen molar-refractivity contribution in [1.29, 1.82) is 0 Å². The molecule has 0 fully saturated rings. The first kappa shape index (κ1) is 14.2. The van der Waals surface area contributed by atoms with Crippen LogP contribution < -0.4 is 0 Å². The smallest absolute Gasteiger partial charge is 0.105 e. The van der Waals surface area contributed by atoms with Crippen LogP contribution in [0.3, 0.4) is 0 Å². The summed E-state index contributed by atoms with van der Waals surface area (Å²) in [7, 11) is 2.41. The molecule has 0 aromatic carbocycles. The van der Waals surface area contributed by atoms with Gasteiger partial charge in [0.05, 0.1) is 0 Å². The normalized spacial score (nSPS) is 32.8. The van der Waals surface area contributed by atoms with Gasteiger partial charge in [-0.05, 0) is 25.7 Å². The fraction of sp³-hybridized carbons (Fsp3) is 0.857. The first-order valence-electron chi connectivity index (χ1n) is 7.12. The zero-order valence-corrected chi connectivity index (χ0v) is 11.7. The molecular weight excluding hydrogens is 211 g/mol. The molecule has 0 saturated heterocycles. The van der Waals surface area contributed by atoms with Gasteiger partial charge in [-0.25, -0.2) is 0 Å². The largest absolute Gasteiger partial charge is 0.176 e. The number of hydrogen-bond donors (Lipinski definition) is 1. The molecule has 1 rings (SSSR count). The molecule has 0 heterocycles. The second-order valence-corrected chi connectivity index (χ2v) is 6.11. The first-order valence-corrected chi connectivity index (χ1v) is 7.63. The van der Waals surface area contributed by atoms with Crippen molar-refractivity contribution in [3.05, 3.63) is 12.2 Å². The summed E-state index contributed by atoms with van der Waals surface area (Å²) in [6.45, 7) is 0. The van der Waals surface area contributed by atoms with E-state index >= 15 is 0 Å². The van der Waals surface area contributed by atoms with Crippen LogP contribution in [0.1, 0.15) is 64.2 Å². The standard InChI is InChI=1S/C14H27BS/c15-13-9-5-1-3-7-11-14(16)12-8-4-2-6-10-13/h1,3,13-14,16H,2,4-12,15H2/b3-1-. The van der Waals surface area contributed by atoms with Crippen molar-refractivity contribution in [1.82, 2.24) is 0 Å². The average molecular weight is 238 g/mol. The number of thiol groups is 1. The molecule has 2 atom stereocenters. The van der Waals surface area contributed by atoms with Crippen LogP contribution in [0.2, 0.25) is 5.82 Å². The van der Waals surface area contributed by atoms with E-state index in [-0.39, 0.29) is 0 Å². The van der Waals surface area contributed by atoms with Gasteiger partial charge >= 0.3 is 0 Å². The van der Waals surface area contributed by atoms with E-state index in [1.54, 1.807) is 0 Å². The van der Waals surface area contributed by atoms with Crippen LogP contribution in [0.5, 0.6) is 0 Å². The summed E-state index contributed by atoms with van der Waals surface area (Å²) in [5.41, 5.74) is 0. The van der Waals surface area contributed by atoms with Crippen molar-refractivity contribution in [2.75, 3.05) is 0 Å². The van der Waals surface area contributed by atoms with Crippen molar-refractivity contribution in [3.63, 3.8) is 0 Å². The zero-order chi connectivity index (χ0) is 11.6. The Labute approximate surface area is 108 Å². The lowest BCUT2D eigenvalue weighted by atomic mass is 9.79. The Morgan fingerprint density at radius 2 is 1.44 bits per heavy atom. The number of rotatable bonds is 0. The van der Waals surface area contributed by atoms with Crippen molar-refractivity contribution in [2.24, 2.45) is 0 Å². The molecular formula is C14H27BS. The lowest BCUT2D eigenvalue weighted by molar-refractivity contribution is 0.556. The predicted octanol–water partition coefficient (Wildman–Crippen LogP) is 4.18. The SMILES string of the molecule is BC1CC/C=C\CCC(S)CCCCCC1. The molecule has 16 heavy (non-hydrogen) atoms. The minimum absolute atomic E-state index is 0.631. The highest BCUT2D eigenvalue weighted by molar-refractivity contribution is 7.80. The molecule has 0 saturated carbocycles. The molecule has 0 spiro atoms. The maximum atomic E-state index is 4.65. The average Bonchev–Trinajstić information content (AvgIpc) is 2.27. The molecule has 92 valence electrons. The van der Waals surface area contributed by atoms with Crippen LogP contribution >= 0.6 is 12.6 Å². The van der Waals surface area contributed by atoms with Gasteiger partial charge in [-0.1, -0.05) is 56.5 Å². The summed E-state index contributed by atoms with van der Waals surface area (Å²) in [6.07, 6.45) is 18.3. The minimum Gasteiger partial charge on any atom is -0.176 e. The van der Waals surface area contributed by atoms with E-state index in [1.807, 2.05) is 0 Å². The highest BCUT2D eigenvalue weighted by Gasteiger charge is 2.04. The summed E-state index contributed by atoms with van der Waals surface area (Å²) in [5, 5.41) is 0.631. The molecule has 0 radical (unpaired) electrons. The Bertz CT molecular complexity index is 171. The van der Waals surface area contributed by atoms with E-state index in [4.69, 9.17) is 0 Å². The summed E-state index contributed by atoms with van der Waals surface area (Å²) >= 11 is 4.65. The molecule has 1 aliphatic rings. The van der Waals surface area contributed by atoms with Gasteiger partial charge < -0.3 is 0 Å². The second-order valence-electron chi connectivity index (χ2n) is 5.38. The Kier molecular flexibility index (Phi) is 8.19. The molecule has 2 heteroatoms. The van der Waals surface area contributed by atoms with Crippen molar-refractivity contribution < 1.29 is 0 Å². The number of hydrogen-bond acceptors (Lipinski definition) is 1. The third-order valence-electron chi connectivity index (χ3n) is 3.64. The third kappa shape index (κ3) is 7.43. The van der Waals surface area contributed by atoms with Gasteiger partial charge in [0.1, 0.15) is 7.85 Å². The Morgan fingerprint density at radius 3 is 2.19 bits per heavy atom. The van der Waals surface area contributed by atoms with Crippen LogP contribution in [0.15, 0.2) is 12.2 Å². The van der Waals surface area contributed by atoms with Gasteiger partial charge in [0.25, 0.3) is 0 Å². The highest BCUT2D eigenvalue weighted by Crippen LogP contribution is 2.21. The second kappa shape index (κ2) is 9.21. The van der Waals surface area contributed by atoms with Crippen LogP contribution in [-0.4, -0.2) is 13.1 Å². The van der Waals surface area contributed by atoms with Gasteiger partial charge in [0.15, 0.2) is 0 Å². The van der Waals surface area contributed by atoms with Crippen LogP contribution in [-0.2, 0) is 0 Å². The first-order chi connectivity index (χ1) is 7.79. The van der Waals surface area contributed by atoms with Crippen molar-refractivity contribution >= 4 is 20.5 Å². The lowest BCUT2D eigenvalue weighted by Crippen LogP contribution is -1.98. The van der Waals surface area contributed by atoms with E-state index in [0.717, 1.165) is 5.82 Å². The van der Waals surface area contributed by atoms with Crippen LogP contribution in [0, 0.1) is 0 Å². The molecule has 2 unspecified atom stereocenters. The Hall–Kier alpha value is 0.155. The Morgan fingerprint density at radius 1 is 0.812 bits per heavy atom. The van der Waals surface area contributed by atoms with Crippen LogP contribution in [0.4, 0.5) is 0 Å². The van der Waals surface area contributed by atoms with Gasteiger partial charge in [-0.2, -0.15) is 12.6 Å². The zero-order valence-electron chi connectivity index (χ0n) is 10.8. The van der Waals surface area contributed by atoms with Gasteiger partial charge in [0, 0.05) is 5.25 Å². The molecule has 0 N–H and O–H groups in total. The molecule has 1 aliphatic carbocycles. The third-order valence-corrected chi connectivity index (χ3v) is 4.16. The van der Waals surface area contributed by atoms with E-state index in [2.05, 4.69) is 32.6 Å². The highest BCUT2D eigenvalue weighted by atomic mass is 32.1. The molecule has 0 bridgehead atoms. The van der Waals surface area contributed by atoms with E-state index in [1.165, 1.54) is 64.2 Å². The fourth-order valence-corrected chi connectivity index (χ4v) is 2.75. The van der Waals surface area contributed by atoms with E-state index in [0.29, 0.717) is 5.25 Å². The van der Waals surface area contributed by atoms with Crippen molar-refractivity contribution in [3.8, 4) is 0 Å². The predicted molar refractivity (Wildman–Crippen MR) is 80.4 cm³/mol. The monoisotopic (exact) mass is 238 g/mol. The number of allylic oxidation sites excluding steroid dienone is 2. The maximum absolute atomic E-state index is 4.65. The van der Waals surface area contributed by atoms with Gasteiger partial charge in [0.2, 0.25) is 0 Å². The minimum atomic E-state index is 0.631. The fourth-order valence-electron chi connectivity index (χ4n) is 2.42. The van der Waals surface area contributed by atoms with E-state index < -0.39 is 0 Å².